The highest BCUT2D eigenvalue weighted by Crippen LogP contribution is 2.38. The smallest absolute Gasteiger partial charge is 0.311 e. The zero-order chi connectivity index (χ0) is 22.7. The second kappa shape index (κ2) is 17.6. The van der Waals surface area contributed by atoms with Crippen LogP contribution >= 0.6 is 0 Å². The second-order valence-electron chi connectivity index (χ2n) is 8.06. The van der Waals surface area contributed by atoms with E-state index in [4.69, 9.17) is 14.2 Å². The van der Waals surface area contributed by atoms with E-state index in [9.17, 15) is 9.59 Å². The molecule has 1 aromatic carbocycles. The van der Waals surface area contributed by atoms with Crippen molar-refractivity contribution in [2.45, 2.75) is 111 Å². The van der Waals surface area contributed by atoms with Crippen LogP contribution < -0.4 is 14.2 Å². The minimum Gasteiger partial charge on any atom is -0.490 e. The van der Waals surface area contributed by atoms with Crippen LogP contribution in [-0.2, 0) is 9.59 Å². The number of esters is 2. The van der Waals surface area contributed by atoms with E-state index in [1.807, 2.05) is 0 Å². The fraction of sp³-hybridized carbons (Fsp3) is 0.692. The highest BCUT2D eigenvalue weighted by molar-refractivity contribution is 5.77. The molecule has 0 bridgehead atoms. The molecule has 5 nitrogen and oxygen atoms in total. The van der Waals surface area contributed by atoms with E-state index >= 15 is 0 Å². The summed E-state index contributed by atoms with van der Waals surface area (Å²) in [6, 6.07) is 5.17. The number of hydrogen-bond acceptors (Lipinski definition) is 5. The van der Waals surface area contributed by atoms with E-state index in [2.05, 4.69) is 20.8 Å². The highest BCUT2D eigenvalue weighted by atomic mass is 16.6. The number of carbonyl (C=O) groups is 2. The van der Waals surface area contributed by atoms with Crippen molar-refractivity contribution in [2.24, 2.45) is 0 Å². The van der Waals surface area contributed by atoms with E-state index in [0.29, 0.717) is 25.2 Å². The number of rotatable bonds is 18. The molecule has 0 aliphatic rings. The molecule has 0 aliphatic carbocycles. The zero-order valence-corrected chi connectivity index (χ0v) is 19.9. The van der Waals surface area contributed by atoms with Crippen molar-refractivity contribution < 1.29 is 23.8 Å². The van der Waals surface area contributed by atoms with Gasteiger partial charge >= 0.3 is 11.9 Å². The number of ether oxygens (including phenoxy) is 3. The van der Waals surface area contributed by atoms with Gasteiger partial charge in [0.2, 0.25) is 5.75 Å². The number of carbonyl (C=O) groups excluding carboxylic acids is 2. The lowest BCUT2D eigenvalue weighted by Gasteiger charge is -2.15. The van der Waals surface area contributed by atoms with Crippen molar-refractivity contribution >= 4 is 11.9 Å². The van der Waals surface area contributed by atoms with E-state index in [0.717, 1.165) is 51.4 Å². The molecule has 0 aromatic heterocycles. The van der Waals surface area contributed by atoms with Crippen LogP contribution in [-0.4, -0.2) is 18.5 Å². The fourth-order valence-corrected chi connectivity index (χ4v) is 3.20. The minimum atomic E-state index is -0.320. The first-order chi connectivity index (χ1) is 15.1. The molecule has 0 unspecified atom stereocenters. The van der Waals surface area contributed by atoms with Gasteiger partial charge < -0.3 is 14.2 Å². The van der Waals surface area contributed by atoms with Crippen molar-refractivity contribution in [2.75, 3.05) is 6.61 Å². The molecule has 0 spiro atoms. The molecule has 0 atom stereocenters. The molecule has 0 saturated heterocycles. The Bertz CT molecular complexity index is 626. The number of unbranched alkanes of at least 4 members (excludes halogenated alkanes) is 9. The molecule has 176 valence electrons. The maximum Gasteiger partial charge on any atom is 0.311 e. The third-order valence-corrected chi connectivity index (χ3v) is 5.11. The largest absolute Gasteiger partial charge is 0.490 e. The average Bonchev–Trinajstić information content (AvgIpc) is 2.75. The Morgan fingerprint density at radius 1 is 0.645 bits per heavy atom. The van der Waals surface area contributed by atoms with Crippen LogP contribution in [0.15, 0.2) is 18.2 Å². The summed E-state index contributed by atoms with van der Waals surface area (Å²) in [6.07, 6.45) is 13.2. The summed E-state index contributed by atoms with van der Waals surface area (Å²) in [6.45, 7) is 6.93. The van der Waals surface area contributed by atoms with Gasteiger partial charge in [-0.2, -0.15) is 0 Å². The van der Waals surface area contributed by atoms with Gasteiger partial charge in [-0.25, -0.2) is 0 Å². The zero-order valence-electron chi connectivity index (χ0n) is 19.9. The Balaban J connectivity index is 2.73. The van der Waals surface area contributed by atoms with Crippen molar-refractivity contribution in [1.82, 2.24) is 0 Å². The first-order valence-electron chi connectivity index (χ1n) is 12.3. The predicted molar refractivity (Wildman–Crippen MR) is 125 cm³/mol. The van der Waals surface area contributed by atoms with E-state index in [1.165, 1.54) is 25.7 Å². The molecular formula is C26H42O5. The van der Waals surface area contributed by atoms with E-state index in [1.54, 1.807) is 18.2 Å². The van der Waals surface area contributed by atoms with Crippen LogP contribution in [0, 0.1) is 0 Å². The molecule has 31 heavy (non-hydrogen) atoms. The molecule has 0 fully saturated rings. The van der Waals surface area contributed by atoms with Gasteiger partial charge in [-0.1, -0.05) is 84.6 Å². The fourth-order valence-electron chi connectivity index (χ4n) is 3.20. The molecule has 0 radical (unpaired) electrons. The van der Waals surface area contributed by atoms with Gasteiger partial charge in [-0.05, 0) is 31.4 Å². The Morgan fingerprint density at radius 3 is 1.74 bits per heavy atom. The summed E-state index contributed by atoms with van der Waals surface area (Å²) >= 11 is 0. The third kappa shape index (κ3) is 12.4. The molecular weight excluding hydrogens is 392 g/mol. The maximum atomic E-state index is 12.4. The third-order valence-electron chi connectivity index (χ3n) is 5.11. The van der Waals surface area contributed by atoms with Gasteiger partial charge in [0, 0.05) is 12.8 Å². The SMILES string of the molecule is CCCCCCCC(=O)Oc1cccc(OCCCC)c1OC(=O)CCCCCCC. The van der Waals surface area contributed by atoms with E-state index in [-0.39, 0.29) is 23.4 Å². The molecule has 1 rings (SSSR count). The van der Waals surface area contributed by atoms with Crippen LogP contribution in [0.5, 0.6) is 17.2 Å². The minimum absolute atomic E-state index is 0.219. The monoisotopic (exact) mass is 434 g/mol. The molecule has 5 heteroatoms. The van der Waals surface area contributed by atoms with Crippen LogP contribution in [0.1, 0.15) is 111 Å². The average molecular weight is 435 g/mol. The molecule has 0 amide bonds. The second-order valence-corrected chi connectivity index (χ2v) is 8.06. The topological polar surface area (TPSA) is 61.8 Å². The quantitative estimate of drug-likeness (QED) is 0.137. The summed E-state index contributed by atoms with van der Waals surface area (Å²) in [5.41, 5.74) is 0. The first-order valence-corrected chi connectivity index (χ1v) is 12.3. The van der Waals surface area contributed by atoms with Gasteiger partial charge in [0.1, 0.15) is 0 Å². The molecule has 0 aliphatic heterocycles. The van der Waals surface area contributed by atoms with Crippen molar-refractivity contribution in [3.8, 4) is 17.2 Å². The Labute approximate surface area is 188 Å². The van der Waals surface area contributed by atoms with Crippen LogP contribution in [0.2, 0.25) is 0 Å². The normalized spacial score (nSPS) is 10.7. The van der Waals surface area contributed by atoms with Gasteiger partial charge in [0.05, 0.1) is 6.61 Å². The van der Waals surface area contributed by atoms with Crippen molar-refractivity contribution in [3.05, 3.63) is 18.2 Å². The summed E-state index contributed by atoms with van der Waals surface area (Å²) in [5.74, 6) is 0.295. The lowest BCUT2D eigenvalue weighted by molar-refractivity contribution is -0.137. The van der Waals surface area contributed by atoms with Gasteiger partial charge in [-0.3, -0.25) is 9.59 Å². The summed E-state index contributed by atoms with van der Waals surface area (Å²) in [4.78, 5) is 24.7. The predicted octanol–water partition coefficient (Wildman–Crippen LogP) is 7.40. The number of benzene rings is 1. The Hall–Kier alpha value is -2.04. The van der Waals surface area contributed by atoms with Gasteiger partial charge in [-0.15, -0.1) is 0 Å². The van der Waals surface area contributed by atoms with Crippen LogP contribution in [0.3, 0.4) is 0 Å². The summed E-state index contributed by atoms with van der Waals surface area (Å²) in [7, 11) is 0. The highest BCUT2D eigenvalue weighted by Gasteiger charge is 2.19. The standard InChI is InChI=1S/C26H42O5/c1-4-7-10-12-14-19-24(27)30-23-18-16-17-22(29-21-9-6-3)26(23)31-25(28)20-15-13-11-8-5-2/h16-18H,4-15,19-21H2,1-3H3. The molecule has 0 saturated carbocycles. The van der Waals surface area contributed by atoms with E-state index < -0.39 is 0 Å². The Morgan fingerprint density at radius 2 is 1.16 bits per heavy atom. The number of para-hydroxylation sites is 1. The maximum absolute atomic E-state index is 12.4. The lowest BCUT2D eigenvalue weighted by Crippen LogP contribution is -2.13. The van der Waals surface area contributed by atoms with Gasteiger partial charge in [0.15, 0.2) is 11.5 Å². The van der Waals surface area contributed by atoms with Crippen LogP contribution in [0.4, 0.5) is 0 Å². The lowest BCUT2D eigenvalue weighted by atomic mass is 10.1. The molecule has 0 N–H and O–H groups in total. The molecule has 0 heterocycles. The summed E-state index contributed by atoms with van der Waals surface area (Å²) < 4.78 is 17.0. The number of hydrogen-bond donors (Lipinski definition) is 0. The molecule has 1 aromatic rings. The van der Waals surface area contributed by atoms with Crippen LogP contribution in [0.25, 0.3) is 0 Å². The Kier molecular flexibility index (Phi) is 15.3. The first kappa shape index (κ1) is 27.0. The van der Waals surface area contributed by atoms with Gasteiger partial charge in [0.25, 0.3) is 0 Å². The summed E-state index contributed by atoms with van der Waals surface area (Å²) in [5, 5.41) is 0. The van der Waals surface area contributed by atoms with Crippen molar-refractivity contribution in [3.63, 3.8) is 0 Å². The van der Waals surface area contributed by atoms with Crippen molar-refractivity contribution in [1.29, 1.82) is 0 Å².